The molecule has 7 heteroatoms. The molecule has 0 radical (unpaired) electrons. The summed E-state index contributed by atoms with van der Waals surface area (Å²) < 4.78 is 66.7. The van der Waals surface area contributed by atoms with Gasteiger partial charge in [0.1, 0.15) is 12.0 Å². The van der Waals surface area contributed by atoms with Gasteiger partial charge in [-0.05, 0) is 59.8 Å². The normalized spacial score (nSPS) is 22.6. The first-order chi connectivity index (χ1) is 14.9. The molecule has 1 aromatic rings. The number of halogens is 5. The zero-order valence-electron chi connectivity index (χ0n) is 17.8. The number of hydrogen-bond acceptors (Lipinski definition) is 1. The molecule has 0 aliphatic heterocycles. The second-order valence-corrected chi connectivity index (χ2v) is 8.73. The van der Waals surface area contributed by atoms with Gasteiger partial charge < -0.3 is 5.11 Å². The van der Waals surface area contributed by atoms with Crippen LogP contribution in [-0.2, 0) is 11.0 Å². The van der Waals surface area contributed by atoms with Crippen molar-refractivity contribution in [2.24, 2.45) is 11.8 Å². The van der Waals surface area contributed by atoms with Crippen molar-refractivity contribution < 1.29 is 31.9 Å². The van der Waals surface area contributed by atoms with Gasteiger partial charge in [0, 0.05) is 12.3 Å². The number of hydrogen-bond donors (Lipinski definition) is 1. The maximum Gasteiger partial charge on any atom is 0.416 e. The summed E-state index contributed by atoms with van der Waals surface area (Å²) in [5.41, 5.74) is 1.32. The van der Waals surface area contributed by atoms with Crippen LogP contribution in [0.4, 0.5) is 22.0 Å². The largest absolute Gasteiger partial charge is 0.481 e. The lowest BCUT2D eigenvalue weighted by molar-refractivity contribution is -0.141. The maximum absolute atomic E-state index is 14.0. The lowest BCUT2D eigenvalue weighted by Gasteiger charge is -2.28. The summed E-state index contributed by atoms with van der Waals surface area (Å²) in [5, 5.41) is 9.81. The first-order valence-corrected chi connectivity index (χ1v) is 10.5. The molecule has 2 nitrogen and oxygen atoms in total. The van der Waals surface area contributed by atoms with Crippen LogP contribution in [0, 0.1) is 11.8 Å². The topological polar surface area (TPSA) is 37.3 Å². The molecule has 32 heavy (non-hydrogen) atoms. The molecule has 0 amide bonds. The van der Waals surface area contributed by atoms with Crippen molar-refractivity contribution in [2.45, 2.75) is 51.4 Å². The molecule has 2 aliphatic carbocycles. The maximum atomic E-state index is 14.0. The van der Waals surface area contributed by atoms with E-state index in [-0.39, 0.29) is 12.3 Å². The third-order valence-electron chi connectivity index (χ3n) is 5.73. The van der Waals surface area contributed by atoms with Crippen molar-refractivity contribution in [3.63, 3.8) is 0 Å². The predicted molar refractivity (Wildman–Crippen MR) is 112 cm³/mol. The van der Waals surface area contributed by atoms with E-state index >= 15 is 0 Å². The first-order valence-electron chi connectivity index (χ1n) is 10.5. The molecule has 0 spiro atoms. The lowest BCUT2D eigenvalue weighted by atomic mass is 9.76. The molecule has 172 valence electrons. The number of benzene rings is 1. The Kier molecular flexibility index (Phi) is 7.06. The molecule has 3 rings (SSSR count). The van der Waals surface area contributed by atoms with Crippen molar-refractivity contribution >= 4 is 5.97 Å². The van der Waals surface area contributed by atoms with Gasteiger partial charge in [-0.15, -0.1) is 0 Å². The monoisotopic (exact) mass is 452 g/mol. The predicted octanol–water partition coefficient (Wildman–Crippen LogP) is 7.31. The second kappa shape index (κ2) is 9.43. The molecule has 0 fully saturated rings. The van der Waals surface area contributed by atoms with E-state index in [4.69, 9.17) is 0 Å². The Bertz CT molecular complexity index is 981. The van der Waals surface area contributed by atoms with E-state index in [9.17, 15) is 31.9 Å². The number of aliphatic carboxylic acids is 1. The van der Waals surface area contributed by atoms with E-state index in [1.807, 2.05) is 13.8 Å². The zero-order valence-corrected chi connectivity index (χ0v) is 17.8. The van der Waals surface area contributed by atoms with Crippen LogP contribution < -0.4 is 0 Å². The lowest BCUT2D eigenvalue weighted by Crippen LogP contribution is -2.22. The summed E-state index contributed by atoms with van der Waals surface area (Å²) >= 11 is 0. The Morgan fingerprint density at radius 3 is 2.28 bits per heavy atom. The number of alkyl halides is 4. The SMILES string of the molecule is CC(C)CC(C(=O)O)C1=CC(C2=CC(F)=CC(F)C2)=CC(c2ccc(C(F)(F)F)cc2)C1. The number of carboxylic acid groups (broad SMARTS) is 1. The summed E-state index contributed by atoms with van der Waals surface area (Å²) in [4.78, 5) is 12.0. The Balaban J connectivity index is 2.03. The van der Waals surface area contributed by atoms with Gasteiger partial charge >= 0.3 is 12.1 Å². The van der Waals surface area contributed by atoms with Crippen molar-refractivity contribution in [3.8, 4) is 0 Å². The van der Waals surface area contributed by atoms with Crippen LogP contribution in [0.15, 0.2) is 71.1 Å². The Hall–Kier alpha value is -2.70. The highest BCUT2D eigenvalue weighted by molar-refractivity contribution is 5.74. The van der Waals surface area contributed by atoms with Gasteiger partial charge in [0.15, 0.2) is 0 Å². The third-order valence-corrected chi connectivity index (χ3v) is 5.73. The van der Waals surface area contributed by atoms with Crippen LogP contribution in [0.2, 0.25) is 0 Å². The van der Waals surface area contributed by atoms with Crippen LogP contribution in [0.1, 0.15) is 50.2 Å². The number of rotatable bonds is 6. The van der Waals surface area contributed by atoms with Gasteiger partial charge in [-0.1, -0.05) is 43.7 Å². The molecule has 0 heterocycles. The second-order valence-electron chi connectivity index (χ2n) is 8.73. The van der Waals surface area contributed by atoms with E-state index in [0.717, 1.165) is 18.2 Å². The average Bonchev–Trinajstić information content (AvgIpc) is 2.70. The van der Waals surface area contributed by atoms with Gasteiger partial charge in [-0.3, -0.25) is 4.79 Å². The number of allylic oxidation sites excluding steroid dienone is 7. The fourth-order valence-electron chi connectivity index (χ4n) is 4.21. The van der Waals surface area contributed by atoms with E-state index in [1.54, 1.807) is 12.2 Å². The first kappa shape index (κ1) is 24.0. The van der Waals surface area contributed by atoms with Gasteiger partial charge in [-0.2, -0.15) is 13.2 Å². The van der Waals surface area contributed by atoms with E-state index in [0.29, 0.717) is 35.1 Å². The summed E-state index contributed by atoms with van der Waals surface area (Å²) in [6, 6.07) is 4.72. The molecular weight excluding hydrogens is 427 g/mol. The fraction of sp³-hybridized carbons (Fsp3) is 0.400. The van der Waals surface area contributed by atoms with Crippen LogP contribution in [-0.4, -0.2) is 17.2 Å². The van der Waals surface area contributed by atoms with Gasteiger partial charge in [0.05, 0.1) is 11.5 Å². The molecule has 0 saturated heterocycles. The van der Waals surface area contributed by atoms with Crippen molar-refractivity contribution in [1.29, 1.82) is 0 Å². The number of carbonyl (C=O) groups is 1. The Morgan fingerprint density at radius 1 is 1.09 bits per heavy atom. The molecule has 3 unspecified atom stereocenters. The quantitative estimate of drug-likeness (QED) is 0.460. The highest BCUT2D eigenvalue weighted by Crippen LogP contribution is 2.41. The van der Waals surface area contributed by atoms with Crippen LogP contribution in [0.3, 0.4) is 0 Å². The van der Waals surface area contributed by atoms with Crippen molar-refractivity contribution in [1.82, 2.24) is 0 Å². The van der Waals surface area contributed by atoms with Gasteiger partial charge in [-0.25, -0.2) is 8.78 Å². The molecule has 1 N–H and O–H groups in total. The van der Waals surface area contributed by atoms with Crippen molar-refractivity contribution in [3.05, 3.63) is 82.2 Å². The highest BCUT2D eigenvalue weighted by atomic mass is 19.4. The van der Waals surface area contributed by atoms with Gasteiger partial charge in [0.25, 0.3) is 0 Å². The summed E-state index contributed by atoms with van der Waals surface area (Å²) in [7, 11) is 0. The minimum atomic E-state index is -4.46. The summed E-state index contributed by atoms with van der Waals surface area (Å²) in [6.45, 7) is 3.81. The molecule has 2 aliphatic rings. The molecule has 0 saturated carbocycles. The highest BCUT2D eigenvalue weighted by Gasteiger charge is 2.32. The molecule has 3 atom stereocenters. The zero-order chi connectivity index (χ0) is 23.6. The van der Waals surface area contributed by atoms with Gasteiger partial charge in [0.2, 0.25) is 0 Å². The molecular formula is C25H25F5O2. The minimum Gasteiger partial charge on any atom is -0.481 e. The third kappa shape index (κ3) is 5.75. The van der Waals surface area contributed by atoms with E-state index in [2.05, 4.69) is 0 Å². The van der Waals surface area contributed by atoms with Crippen LogP contribution in [0.5, 0.6) is 0 Å². The van der Waals surface area contributed by atoms with Crippen molar-refractivity contribution in [2.75, 3.05) is 0 Å². The Morgan fingerprint density at radius 2 is 1.75 bits per heavy atom. The minimum absolute atomic E-state index is 0.0509. The standard InChI is InChI=1S/C25H25F5O2/c1-14(2)7-23(24(31)32)19-9-16(15-3-5-20(6-4-15)25(28,29)30)8-17(10-19)18-11-21(26)13-22(27)12-18/h3-6,8,10-11,13-14,16,22-23H,7,9,12H2,1-2H3,(H,31,32). The van der Waals surface area contributed by atoms with E-state index in [1.165, 1.54) is 18.2 Å². The summed E-state index contributed by atoms with van der Waals surface area (Å²) in [6.07, 6.45) is 0.227. The summed E-state index contributed by atoms with van der Waals surface area (Å²) in [5.74, 6) is -2.80. The average molecular weight is 452 g/mol. The van der Waals surface area contributed by atoms with E-state index < -0.39 is 41.5 Å². The van der Waals surface area contributed by atoms with Crippen LogP contribution in [0.25, 0.3) is 0 Å². The fourth-order valence-corrected chi connectivity index (χ4v) is 4.21. The smallest absolute Gasteiger partial charge is 0.416 e. The molecule has 1 aromatic carbocycles. The molecule has 0 bridgehead atoms. The molecule has 0 aromatic heterocycles. The Labute approximate surface area is 183 Å². The number of carboxylic acids is 1. The van der Waals surface area contributed by atoms with Crippen LogP contribution >= 0.6 is 0 Å².